The molecular weight excluding hydrogens is 310 g/mol. The Hall–Kier alpha value is -1.74. The molecule has 2 aromatic rings. The van der Waals surface area contributed by atoms with Crippen molar-refractivity contribution in [2.75, 3.05) is 7.11 Å². The molecule has 1 saturated carbocycles. The first-order valence-electron chi connectivity index (χ1n) is 9.24. The van der Waals surface area contributed by atoms with Crippen molar-refractivity contribution in [1.82, 2.24) is 4.98 Å². The van der Waals surface area contributed by atoms with Crippen LogP contribution < -0.4 is 0 Å². The number of fused-ring (bicyclic) bond motifs is 2. The van der Waals surface area contributed by atoms with E-state index in [2.05, 4.69) is 12.1 Å². The van der Waals surface area contributed by atoms with Gasteiger partial charge in [-0.25, -0.2) is 0 Å². The Balaban J connectivity index is 0.00000182. The van der Waals surface area contributed by atoms with Crippen LogP contribution >= 0.6 is 0 Å². The van der Waals surface area contributed by atoms with Crippen molar-refractivity contribution in [1.29, 1.82) is 0 Å². The Kier molecular flexibility index (Phi) is 5.53. The number of hydrogen-bond acceptors (Lipinski definition) is 3. The Bertz CT molecular complexity index is 760. The van der Waals surface area contributed by atoms with E-state index in [1.54, 1.807) is 7.11 Å². The number of carbonyl (C=O) groups excluding carboxylic acids is 1. The summed E-state index contributed by atoms with van der Waals surface area (Å²) < 4.78 is 5.42. The Morgan fingerprint density at radius 2 is 1.84 bits per heavy atom. The molecule has 0 unspecified atom stereocenters. The summed E-state index contributed by atoms with van der Waals surface area (Å²) in [6, 6.07) is 8.31. The number of rotatable bonds is 3. The largest absolute Gasteiger partial charge is 0.381 e. The number of carbonyl (C=O) groups is 1. The molecule has 3 heteroatoms. The van der Waals surface area contributed by atoms with E-state index in [4.69, 9.17) is 9.72 Å². The molecule has 1 aromatic heterocycles. The summed E-state index contributed by atoms with van der Waals surface area (Å²) in [5.74, 6) is 0.448. The number of benzene rings is 1. The van der Waals surface area contributed by atoms with Crippen molar-refractivity contribution in [3.8, 4) is 0 Å². The van der Waals surface area contributed by atoms with Gasteiger partial charge in [-0.15, -0.1) is 0 Å². The zero-order valence-electron chi connectivity index (χ0n) is 14.4. The van der Waals surface area contributed by atoms with Crippen molar-refractivity contribution in [3.63, 3.8) is 0 Å². The number of ketones is 1. The van der Waals surface area contributed by atoms with Crippen LogP contribution in [-0.2, 0) is 17.6 Å². The van der Waals surface area contributed by atoms with Gasteiger partial charge in [0.1, 0.15) is 0 Å². The van der Waals surface area contributed by atoms with Crippen LogP contribution in [0, 0.1) is 5.92 Å². The number of pyridine rings is 1. The smallest absolute Gasteiger partial charge is 0.165 e. The van der Waals surface area contributed by atoms with Crippen LogP contribution in [0.3, 0.4) is 0 Å². The highest BCUT2D eigenvalue weighted by atomic mass is 16.5. The molecule has 2 aliphatic carbocycles. The van der Waals surface area contributed by atoms with E-state index in [1.165, 1.54) is 24.1 Å². The molecule has 0 bridgehead atoms. The van der Waals surface area contributed by atoms with Crippen LogP contribution in [0.2, 0.25) is 0 Å². The fourth-order valence-electron chi connectivity index (χ4n) is 4.25. The maximum atomic E-state index is 12.9. The first-order valence-corrected chi connectivity index (χ1v) is 9.24. The highest BCUT2D eigenvalue weighted by Crippen LogP contribution is 2.30. The van der Waals surface area contributed by atoms with Gasteiger partial charge in [0.15, 0.2) is 5.78 Å². The molecule has 0 atom stereocenters. The zero-order valence-corrected chi connectivity index (χ0v) is 14.4. The molecule has 4 rings (SSSR count). The first-order chi connectivity index (χ1) is 11.7. The lowest BCUT2D eigenvalue weighted by molar-refractivity contribution is 0.0519. The van der Waals surface area contributed by atoms with Crippen molar-refractivity contribution in [3.05, 3.63) is 41.1 Å². The highest BCUT2D eigenvalue weighted by molar-refractivity contribution is 6.01. The number of nitrogens with zero attached hydrogens (tertiary/aromatic N) is 1. The molecule has 1 fully saturated rings. The third-order valence-electron chi connectivity index (χ3n) is 5.76. The molecule has 0 aliphatic heterocycles. The van der Waals surface area contributed by atoms with Crippen LogP contribution in [0.1, 0.15) is 67.6 Å². The lowest BCUT2D eigenvalue weighted by Gasteiger charge is -2.26. The van der Waals surface area contributed by atoms with Gasteiger partial charge in [-0.1, -0.05) is 7.43 Å². The molecular formula is C22H29NO2. The van der Waals surface area contributed by atoms with Gasteiger partial charge in [0, 0.05) is 29.7 Å². The molecule has 0 spiro atoms. The van der Waals surface area contributed by atoms with Gasteiger partial charge >= 0.3 is 0 Å². The summed E-state index contributed by atoms with van der Waals surface area (Å²) >= 11 is 0. The molecule has 0 N–H and O–H groups in total. The number of aryl methyl sites for hydroxylation is 2. The fraction of sp³-hybridized carbons (Fsp3) is 0.545. The molecule has 0 radical (unpaired) electrons. The average Bonchev–Trinajstić information content (AvgIpc) is 2.65. The van der Waals surface area contributed by atoms with Crippen molar-refractivity contribution in [2.24, 2.45) is 5.92 Å². The molecule has 25 heavy (non-hydrogen) atoms. The third-order valence-corrected chi connectivity index (χ3v) is 5.76. The molecule has 3 nitrogen and oxygen atoms in total. The van der Waals surface area contributed by atoms with E-state index in [0.717, 1.165) is 55.0 Å². The lowest BCUT2D eigenvalue weighted by Crippen LogP contribution is -2.25. The second kappa shape index (κ2) is 7.65. The summed E-state index contributed by atoms with van der Waals surface area (Å²) in [6.07, 6.45) is 8.92. The van der Waals surface area contributed by atoms with Gasteiger partial charge in [-0.05, 0) is 81.2 Å². The van der Waals surface area contributed by atoms with Crippen LogP contribution in [-0.4, -0.2) is 24.0 Å². The van der Waals surface area contributed by atoms with Crippen LogP contribution in [0.5, 0.6) is 0 Å². The van der Waals surface area contributed by atoms with E-state index >= 15 is 0 Å². The predicted molar refractivity (Wildman–Crippen MR) is 102 cm³/mol. The van der Waals surface area contributed by atoms with Gasteiger partial charge in [0.2, 0.25) is 0 Å². The molecule has 1 aromatic carbocycles. The maximum absolute atomic E-state index is 12.9. The summed E-state index contributed by atoms with van der Waals surface area (Å²) in [6.45, 7) is 0. The summed E-state index contributed by atoms with van der Waals surface area (Å²) in [5.41, 5.74) is 4.50. The SMILES string of the molecule is C.COC1CCC(C(=O)c2ccc3nc4c(cc3c2)CCCC4)CC1. The molecule has 0 amide bonds. The van der Waals surface area contributed by atoms with Gasteiger partial charge < -0.3 is 4.74 Å². The minimum absolute atomic E-state index is 0. The first kappa shape index (κ1) is 18.1. The molecule has 2 aliphatic rings. The van der Waals surface area contributed by atoms with E-state index in [-0.39, 0.29) is 13.3 Å². The third kappa shape index (κ3) is 3.62. The maximum Gasteiger partial charge on any atom is 0.165 e. The highest BCUT2D eigenvalue weighted by Gasteiger charge is 2.27. The van der Waals surface area contributed by atoms with Crippen molar-refractivity contribution < 1.29 is 9.53 Å². The zero-order chi connectivity index (χ0) is 16.5. The summed E-state index contributed by atoms with van der Waals surface area (Å²) in [4.78, 5) is 17.7. The van der Waals surface area contributed by atoms with E-state index in [1.807, 2.05) is 12.1 Å². The topological polar surface area (TPSA) is 39.2 Å². The van der Waals surface area contributed by atoms with E-state index in [0.29, 0.717) is 11.9 Å². The fourth-order valence-corrected chi connectivity index (χ4v) is 4.25. The number of hydrogen-bond donors (Lipinski definition) is 0. The van der Waals surface area contributed by atoms with Crippen LogP contribution in [0.4, 0.5) is 0 Å². The number of ether oxygens (including phenoxy) is 1. The lowest BCUT2D eigenvalue weighted by atomic mass is 9.82. The van der Waals surface area contributed by atoms with Gasteiger partial charge in [0.25, 0.3) is 0 Å². The van der Waals surface area contributed by atoms with Gasteiger partial charge in [-0.2, -0.15) is 0 Å². The number of Topliss-reactive ketones (excluding diaryl/α,β-unsaturated/α-hetero) is 1. The van der Waals surface area contributed by atoms with Crippen molar-refractivity contribution >= 4 is 16.7 Å². The van der Waals surface area contributed by atoms with Gasteiger partial charge in [0.05, 0.1) is 11.6 Å². The van der Waals surface area contributed by atoms with Crippen LogP contribution in [0.25, 0.3) is 10.9 Å². The minimum Gasteiger partial charge on any atom is -0.381 e. The van der Waals surface area contributed by atoms with Crippen LogP contribution in [0.15, 0.2) is 24.3 Å². The normalized spacial score (nSPS) is 22.9. The Labute approximate surface area is 150 Å². The standard InChI is InChI=1S/C21H25NO2.CH4/c1-24-18-9-6-14(7-10-18)21(23)16-8-11-20-17(13-16)12-15-4-2-3-5-19(15)22-20;/h8,11-14,18H,2-7,9-10H2,1H3;1H4. The summed E-state index contributed by atoms with van der Waals surface area (Å²) in [7, 11) is 1.77. The summed E-state index contributed by atoms with van der Waals surface area (Å²) in [5, 5.41) is 1.12. The molecule has 134 valence electrons. The quantitative estimate of drug-likeness (QED) is 0.727. The van der Waals surface area contributed by atoms with Crippen molar-refractivity contribution in [2.45, 2.75) is 64.9 Å². The number of methoxy groups -OCH3 is 1. The van der Waals surface area contributed by atoms with Gasteiger partial charge in [-0.3, -0.25) is 9.78 Å². The Morgan fingerprint density at radius 1 is 1.08 bits per heavy atom. The monoisotopic (exact) mass is 339 g/mol. The predicted octanol–water partition coefficient (Wildman–Crippen LogP) is 5.14. The Morgan fingerprint density at radius 3 is 2.60 bits per heavy atom. The molecule has 0 saturated heterocycles. The molecule has 1 heterocycles. The average molecular weight is 339 g/mol. The number of aromatic nitrogens is 1. The second-order valence-corrected chi connectivity index (χ2v) is 7.28. The van der Waals surface area contributed by atoms with E-state index < -0.39 is 0 Å². The second-order valence-electron chi connectivity index (χ2n) is 7.28. The van der Waals surface area contributed by atoms with E-state index in [9.17, 15) is 4.79 Å². The minimum atomic E-state index is 0.